The van der Waals surface area contributed by atoms with Gasteiger partial charge in [0.25, 0.3) is 0 Å². The minimum atomic E-state index is 0.582. The Morgan fingerprint density at radius 3 is 2.65 bits per heavy atom. The molecule has 0 aliphatic heterocycles. The molecule has 17 heavy (non-hydrogen) atoms. The second-order valence-corrected chi connectivity index (χ2v) is 5.24. The Labute approximate surface area is 106 Å². The van der Waals surface area contributed by atoms with Crippen LogP contribution in [0.3, 0.4) is 0 Å². The molecule has 0 aromatic heterocycles. The minimum absolute atomic E-state index is 0.582. The Morgan fingerprint density at radius 2 is 2.00 bits per heavy atom. The zero-order valence-corrected chi connectivity index (χ0v) is 11.2. The van der Waals surface area contributed by atoms with E-state index in [-0.39, 0.29) is 0 Å². The molecule has 1 fully saturated rings. The van der Waals surface area contributed by atoms with Crippen LogP contribution in [-0.2, 0) is 6.42 Å². The van der Waals surface area contributed by atoms with Gasteiger partial charge in [-0.3, -0.25) is 0 Å². The standard InChI is InChI=1S/C16H25N/c1-3-11-17-16(12-13-9-10-13)15-8-6-5-7-14(15)4-2/h5-8,13,16-17H,3-4,9-12H2,1-2H3. The van der Waals surface area contributed by atoms with Crippen molar-refractivity contribution >= 4 is 0 Å². The summed E-state index contributed by atoms with van der Waals surface area (Å²) in [6, 6.07) is 9.52. The average Bonchev–Trinajstić information content (AvgIpc) is 3.18. The van der Waals surface area contributed by atoms with Gasteiger partial charge in [0.15, 0.2) is 0 Å². The van der Waals surface area contributed by atoms with E-state index in [1.807, 2.05) is 0 Å². The zero-order valence-electron chi connectivity index (χ0n) is 11.2. The van der Waals surface area contributed by atoms with Gasteiger partial charge in [-0.1, -0.05) is 51.0 Å². The van der Waals surface area contributed by atoms with Crippen LogP contribution < -0.4 is 5.32 Å². The summed E-state index contributed by atoms with van der Waals surface area (Å²) in [6.45, 7) is 5.63. The SMILES string of the molecule is CCCNC(CC1CC1)c1ccccc1CC. The molecule has 94 valence electrons. The molecule has 1 saturated carbocycles. The third-order valence-electron chi connectivity index (χ3n) is 3.72. The van der Waals surface area contributed by atoms with Gasteiger partial charge in [0.05, 0.1) is 0 Å². The van der Waals surface area contributed by atoms with Gasteiger partial charge in [0, 0.05) is 6.04 Å². The second kappa shape index (κ2) is 6.20. The summed E-state index contributed by atoms with van der Waals surface area (Å²) in [4.78, 5) is 0. The van der Waals surface area contributed by atoms with Crippen molar-refractivity contribution in [1.82, 2.24) is 5.32 Å². The van der Waals surface area contributed by atoms with E-state index < -0.39 is 0 Å². The number of hydrogen-bond donors (Lipinski definition) is 1. The largest absolute Gasteiger partial charge is 0.310 e. The van der Waals surface area contributed by atoms with E-state index in [1.54, 1.807) is 0 Å². The van der Waals surface area contributed by atoms with Gasteiger partial charge >= 0.3 is 0 Å². The third-order valence-corrected chi connectivity index (χ3v) is 3.72. The van der Waals surface area contributed by atoms with Gasteiger partial charge in [0.1, 0.15) is 0 Å². The number of benzene rings is 1. The highest BCUT2D eigenvalue weighted by atomic mass is 14.9. The molecule has 1 N–H and O–H groups in total. The fourth-order valence-electron chi connectivity index (χ4n) is 2.52. The Kier molecular flexibility index (Phi) is 4.61. The molecule has 1 aliphatic carbocycles. The Morgan fingerprint density at radius 1 is 1.24 bits per heavy atom. The summed E-state index contributed by atoms with van der Waals surface area (Å²) in [5.41, 5.74) is 3.05. The molecule has 0 saturated heterocycles. The first kappa shape index (κ1) is 12.6. The normalized spacial score (nSPS) is 17.1. The van der Waals surface area contributed by atoms with Gasteiger partial charge in [-0.15, -0.1) is 0 Å². The van der Waals surface area contributed by atoms with Gasteiger partial charge < -0.3 is 5.32 Å². The van der Waals surface area contributed by atoms with Crippen LogP contribution in [-0.4, -0.2) is 6.54 Å². The molecule has 0 amide bonds. The number of nitrogens with one attached hydrogen (secondary N) is 1. The molecule has 0 spiro atoms. The molecule has 0 radical (unpaired) electrons. The van der Waals surface area contributed by atoms with Crippen molar-refractivity contribution in [1.29, 1.82) is 0 Å². The highest BCUT2D eigenvalue weighted by Crippen LogP contribution is 2.38. The first-order chi connectivity index (χ1) is 8.35. The predicted octanol–water partition coefficient (Wildman–Crippen LogP) is 4.09. The summed E-state index contributed by atoms with van der Waals surface area (Å²) in [7, 11) is 0. The van der Waals surface area contributed by atoms with Crippen LogP contribution in [0.25, 0.3) is 0 Å². The minimum Gasteiger partial charge on any atom is -0.310 e. The topological polar surface area (TPSA) is 12.0 Å². The number of rotatable bonds is 7. The Bertz CT molecular complexity index is 341. The van der Waals surface area contributed by atoms with Gasteiger partial charge in [-0.05, 0) is 42.9 Å². The van der Waals surface area contributed by atoms with Crippen LogP contribution in [0, 0.1) is 5.92 Å². The maximum Gasteiger partial charge on any atom is 0.0325 e. The number of hydrogen-bond acceptors (Lipinski definition) is 1. The maximum atomic E-state index is 3.73. The lowest BCUT2D eigenvalue weighted by Crippen LogP contribution is -2.23. The number of aryl methyl sites for hydroxylation is 1. The van der Waals surface area contributed by atoms with Crippen molar-refractivity contribution in [2.45, 2.75) is 52.0 Å². The molecule has 0 heterocycles. The zero-order chi connectivity index (χ0) is 12.1. The van der Waals surface area contributed by atoms with E-state index in [4.69, 9.17) is 0 Å². The van der Waals surface area contributed by atoms with Crippen molar-refractivity contribution < 1.29 is 0 Å². The third kappa shape index (κ3) is 3.57. The predicted molar refractivity (Wildman–Crippen MR) is 74.2 cm³/mol. The van der Waals surface area contributed by atoms with E-state index in [0.29, 0.717) is 6.04 Å². The fraction of sp³-hybridized carbons (Fsp3) is 0.625. The molecule has 1 heteroatoms. The van der Waals surface area contributed by atoms with E-state index in [1.165, 1.54) is 36.8 Å². The van der Waals surface area contributed by atoms with Gasteiger partial charge in [-0.25, -0.2) is 0 Å². The summed E-state index contributed by atoms with van der Waals surface area (Å²) in [5.74, 6) is 0.981. The van der Waals surface area contributed by atoms with Crippen LogP contribution in [0.15, 0.2) is 24.3 Å². The van der Waals surface area contributed by atoms with Gasteiger partial charge in [0.2, 0.25) is 0 Å². The molecule has 1 atom stereocenters. The first-order valence-electron chi connectivity index (χ1n) is 7.16. The highest BCUT2D eigenvalue weighted by Gasteiger charge is 2.26. The second-order valence-electron chi connectivity index (χ2n) is 5.24. The van der Waals surface area contributed by atoms with Crippen molar-refractivity contribution in [2.75, 3.05) is 6.54 Å². The quantitative estimate of drug-likeness (QED) is 0.745. The van der Waals surface area contributed by atoms with Crippen molar-refractivity contribution in [3.05, 3.63) is 35.4 Å². The lowest BCUT2D eigenvalue weighted by molar-refractivity contribution is 0.471. The summed E-state index contributed by atoms with van der Waals surface area (Å²) >= 11 is 0. The lowest BCUT2D eigenvalue weighted by atomic mass is 9.95. The molecule has 0 bridgehead atoms. The molecule has 2 rings (SSSR count). The van der Waals surface area contributed by atoms with Crippen LogP contribution in [0.1, 0.15) is 56.7 Å². The van der Waals surface area contributed by atoms with Crippen molar-refractivity contribution in [2.24, 2.45) is 5.92 Å². The molecule has 1 aromatic carbocycles. The van der Waals surface area contributed by atoms with Crippen LogP contribution >= 0.6 is 0 Å². The molecular formula is C16H25N. The molecule has 1 aliphatic rings. The molecule has 1 unspecified atom stereocenters. The summed E-state index contributed by atoms with van der Waals surface area (Å²) in [5, 5.41) is 3.73. The van der Waals surface area contributed by atoms with Crippen molar-refractivity contribution in [3.63, 3.8) is 0 Å². The fourth-order valence-corrected chi connectivity index (χ4v) is 2.52. The van der Waals surface area contributed by atoms with Crippen LogP contribution in [0.2, 0.25) is 0 Å². The lowest BCUT2D eigenvalue weighted by Gasteiger charge is -2.21. The highest BCUT2D eigenvalue weighted by molar-refractivity contribution is 5.30. The van der Waals surface area contributed by atoms with E-state index >= 15 is 0 Å². The van der Waals surface area contributed by atoms with E-state index in [9.17, 15) is 0 Å². The summed E-state index contributed by atoms with van der Waals surface area (Å²) in [6.07, 6.45) is 6.58. The Balaban J connectivity index is 2.10. The maximum absolute atomic E-state index is 3.73. The van der Waals surface area contributed by atoms with E-state index in [2.05, 4.69) is 43.4 Å². The monoisotopic (exact) mass is 231 g/mol. The summed E-state index contributed by atoms with van der Waals surface area (Å²) < 4.78 is 0. The van der Waals surface area contributed by atoms with Gasteiger partial charge in [-0.2, -0.15) is 0 Å². The van der Waals surface area contributed by atoms with Crippen LogP contribution in [0.4, 0.5) is 0 Å². The first-order valence-corrected chi connectivity index (χ1v) is 7.16. The van der Waals surface area contributed by atoms with E-state index in [0.717, 1.165) is 18.9 Å². The van der Waals surface area contributed by atoms with Crippen molar-refractivity contribution in [3.8, 4) is 0 Å². The smallest absolute Gasteiger partial charge is 0.0325 e. The molecule has 1 aromatic rings. The van der Waals surface area contributed by atoms with Crippen LogP contribution in [0.5, 0.6) is 0 Å². The average molecular weight is 231 g/mol. The molecular weight excluding hydrogens is 206 g/mol. The molecule has 1 nitrogen and oxygen atoms in total. The Hall–Kier alpha value is -0.820.